The molecule has 2 aromatic rings. The van der Waals surface area contributed by atoms with Gasteiger partial charge in [-0.3, -0.25) is 4.79 Å². The Kier molecular flexibility index (Phi) is 4.87. The summed E-state index contributed by atoms with van der Waals surface area (Å²) in [6.45, 7) is 1.83. The highest BCUT2D eigenvalue weighted by molar-refractivity contribution is 8.00. The Morgan fingerprint density at radius 3 is 2.60 bits per heavy atom. The molecule has 0 spiro atoms. The van der Waals surface area contributed by atoms with Crippen LogP contribution in [0.25, 0.3) is 0 Å². The number of carbonyl (C=O) groups excluding carboxylic acids is 1. The Morgan fingerprint density at radius 1 is 1.30 bits per heavy atom. The maximum Gasteiger partial charge on any atom is 0.237 e. The summed E-state index contributed by atoms with van der Waals surface area (Å²) < 4.78 is 0. The van der Waals surface area contributed by atoms with E-state index in [4.69, 9.17) is 17.3 Å². The second-order valence-corrected chi connectivity index (χ2v) is 5.98. The number of halogens is 1. The molecule has 3 N–H and O–H groups in total. The topological polar surface area (TPSA) is 68.0 Å². The van der Waals surface area contributed by atoms with Crippen LogP contribution in [0.1, 0.15) is 6.92 Å². The lowest BCUT2D eigenvalue weighted by atomic mass is 10.3. The highest BCUT2D eigenvalue weighted by atomic mass is 35.5. The summed E-state index contributed by atoms with van der Waals surface area (Å²) in [6.07, 6.45) is 1.58. The fourth-order valence-corrected chi connectivity index (χ4v) is 2.39. The molecule has 1 amide bonds. The van der Waals surface area contributed by atoms with Crippen LogP contribution in [-0.2, 0) is 4.79 Å². The minimum Gasteiger partial charge on any atom is -0.397 e. The standard InChI is InChI=1S/C14H14ClN3OS/c1-9(20-13-7-4-11(16)8-17-13)14(19)18-12-5-2-10(15)3-6-12/h2-9H,16H2,1H3,(H,18,19). The largest absolute Gasteiger partial charge is 0.397 e. The molecule has 1 heterocycles. The first kappa shape index (κ1) is 14.7. The molecule has 0 aliphatic carbocycles. The number of aromatic nitrogens is 1. The van der Waals surface area contributed by atoms with E-state index in [0.717, 1.165) is 10.7 Å². The fraction of sp³-hybridized carbons (Fsp3) is 0.143. The molecular weight excluding hydrogens is 294 g/mol. The van der Waals surface area contributed by atoms with Gasteiger partial charge in [0.05, 0.1) is 22.2 Å². The van der Waals surface area contributed by atoms with E-state index >= 15 is 0 Å². The summed E-state index contributed by atoms with van der Waals surface area (Å²) in [5.41, 5.74) is 6.89. The Balaban J connectivity index is 1.94. The molecule has 20 heavy (non-hydrogen) atoms. The van der Waals surface area contributed by atoms with Gasteiger partial charge in [-0.1, -0.05) is 23.4 Å². The number of pyridine rings is 1. The van der Waals surface area contributed by atoms with Crippen LogP contribution in [0.2, 0.25) is 5.02 Å². The smallest absolute Gasteiger partial charge is 0.237 e. The summed E-state index contributed by atoms with van der Waals surface area (Å²) in [7, 11) is 0. The summed E-state index contributed by atoms with van der Waals surface area (Å²) >= 11 is 7.17. The van der Waals surface area contributed by atoms with Crippen molar-refractivity contribution in [2.24, 2.45) is 0 Å². The first-order valence-corrected chi connectivity index (χ1v) is 7.25. The first-order valence-electron chi connectivity index (χ1n) is 5.99. The fourth-order valence-electron chi connectivity index (χ4n) is 1.47. The van der Waals surface area contributed by atoms with Crippen LogP contribution in [0.15, 0.2) is 47.6 Å². The first-order chi connectivity index (χ1) is 9.54. The third kappa shape index (κ3) is 4.15. The van der Waals surface area contributed by atoms with Crippen LogP contribution >= 0.6 is 23.4 Å². The maximum absolute atomic E-state index is 12.1. The van der Waals surface area contributed by atoms with Crippen molar-refractivity contribution in [3.05, 3.63) is 47.6 Å². The molecular formula is C14H14ClN3OS. The summed E-state index contributed by atoms with van der Waals surface area (Å²) in [6, 6.07) is 10.6. The van der Waals surface area contributed by atoms with Gasteiger partial charge in [-0.2, -0.15) is 0 Å². The molecule has 0 saturated heterocycles. The second kappa shape index (κ2) is 6.63. The quantitative estimate of drug-likeness (QED) is 0.849. The van der Waals surface area contributed by atoms with Gasteiger partial charge < -0.3 is 11.1 Å². The lowest BCUT2D eigenvalue weighted by Crippen LogP contribution is -2.22. The lowest BCUT2D eigenvalue weighted by Gasteiger charge is -2.11. The molecule has 1 unspecified atom stereocenters. The van der Waals surface area contributed by atoms with E-state index in [1.165, 1.54) is 11.8 Å². The number of nitrogens with zero attached hydrogens (tertiary/aromatic N) is 1. The molecule has 0 fully saturated rings. The van der Waals surface area contributed by atoms with Gasteiger partial charge in [-0.25, -0.2) is 4.98 Å². The average Bonchev–Trinajstić information content (AvgIpc) is 2.44. The van der Waals surface area contributed by atoms with E-state index in [-0.39, 0.29) is 11.2 Å². The molecule has 0 aliphatic rings. The monoisotopic (exact) mass is 307 g/mol. The van der Waals surface area contributed by atoms with Gasteiger partial charge in [0.15, 0.2) is 0 Å². The molecule has 6 heteroatoms. The zero-order valence-electron chi connectivity index (χ0n) is 10.8. The third-order valence-corrected chi connectivity index (χ3v) is 3.84. The van der Waals surface area contributed by atoms with Gasteiger partial charge in [-0.05, 0) is 43.3 Å². The van der Waals surface area contributed by atoms with Gasteiger partial charge in [0.25, 0.3) is 0 Å². The van der Waals surface area contributed by atoms with Gasteiger partial charge in [0, 0.05) is 10.7 Å². The van der Waals surface area contributed by atoms with E-state index < -0.39 is 0 Å². The van der Waals surface area contributed by atoms with E-state index in [9.17, 15) is 4.79 Å². The number of amides is 1. The lowest BCUT2D eigenvalue weighted by molar-refractivity contribution is -0.115. The van der Waals surface area contributed by atoms with Crippen molar-refractivity contribution in [3.8, 4) is 0 Å². The van der Waals surface area contributed by atoms with Gasteiger partial charge in [0.2, 0.25) is 5.91 Å². The molecule has 0 radical (unpaired) electrons. The SMILES string of the molecule is CC(Sc1ccc(N)cn1)C(=O)Nc1ccc(Cl)cc1. The van der Waals surface area contributed by atoms with E-state index in [2.05, 4.69) is 10.3 Å². The highest BCUT2D eigenvalue weighted by Crippen LogP contribution is 2.23. The van der Waals surface area contributed by atoms with Crippen molar-refractivity contribution in [2.45, 2.75) is 17.2 Å². The van der Waals surface area contributed by atoms with Crippen molar-refractivity contribution in [1.29, 1.82) is 0 Å². The van der Waals surface area contributed by atoms with Crippen molar-refractivity contribution < 1.29 is 4.79 Å². The normalized spacial score (nSPS) is 11.9. The van der Waals surface area contributed by atoms with Crippen molar-refractivity contribution in [2.75, 3.05) is 11.1 Å². The molecule has 0 bridgehead atoms. The average molecular weight is 308 g/mol. The Labute approximate surface area is 126 Å². The van der Waals surface area contributed by atoms with Crippen molar-refractivity contribution in [1.82, 2.24) is 4.98 Å². The van der Waals surface area contributed by atoms with Crippen LogP contribution in [0, 0.1) is 0 Å². The molecule has 1 aromatic heterocycles. The van der Waals surface area contributed by atoms with Crippen molar-refractivity contribution in [3.63, 3.8) is 0 Å². The predicted octanol–water partition coefficient (Wildman–Crippen LogP) is 3.44. The minimum atomic E-state index is -0.262. The van der Waals surface area contributed by atoms with Crippen LogP contribution in [0.5, 0.6) is 0 Å². The Bertz CT molecular complexity index is 586. The summed E-state index contributed by atoms with van der Waals surface area (Å²) in [4.78, 5) is 16.2. The zero-order chi connectivity index (χ0) is 14.5. The molecule has 1 atom stereocenters. The van der Waals surface area contributed by atoms with Crippen LogP contribution in [0.3, 0.4) is 0 Å². The maximum atomic E-state index is 12.1. The second-order valence-electron chi connectivity index (χ2n) is 4.19. The molecule has 2 rings (SSSR count). The number of hydrogen-bond acceptors (Lipinski definition) is 4. The number of hydrogen-bond donors (Lipinski definition) is 2. The summed E-state index contributed by atoms with van der Waals surface area (Å²) in [5, 5.41) is 3.97. The van der Waals surface area contributed by atoms with Crippen LogP contribution in [0.4, 0.5) is 11.4 Å². The van der Waals surface area contributed by atoms with Crippen LogP contribution in [-0.4, -0.2) is 16.1 Å². The summed E-state index contributed by atoms with van der Waals surface area (Å²) in [5.74, 6) is -0.0871. The molecule has 0 aliphatic heterocycles. The van der Waals surface area contributed by atoms with Crippen LogP contribution < -0.4 is 11.1 Å². The minimum absolute atomic E-state index is 0.0871. The van der Waals surface area contributed by atoms with E-state index in [0.29, 0.717) is 10.7 Å². The number of nitrogens with one attached hydrogen (secondary N) is 1. The molecule has 0 saturated carbocycles. The number of nitrogen functional groups attached to an aromatic ring is 1. The van der Waals surface area contributed by atoms with E-state index in [1.54, 1.807) is 42.6 Å². The van der Waals surface area contributed by atoms with Gasteiger partial charge in [0.1, 0.15) is 0 Å². The number of carbonyl (C=O) groups is 1. The number of benzene rings is 1. The molecule has 1 aromatic carbocycles. The zero-order valence-corrected chi connectivity index (χ0v) is 12.4. The highest BCUT2D eigenvalue weighted by Gasteiger charge is 2.15. The number of rotatable bonds is 4. The Hall–Kier alpha value is -1.72. The predicted molar refractivity (Wildman–Crippen MR) is 84.1 cm³/mol. The molecule has 4 nitrogen and oxygen atoms in total. The number of anilines is 2. The van der Waals surface area contributed by atoms with Gasteiger partial charge in [-0.15, -0.1) is 0 Å². The Morgan fingerprint density at radius 2 is 2.00 bits per heavy atom. The number of thioether (sulfide) groups is 1. The van der Waals surface area contributed by atoms with Crippen molar-refractivity contribution >= 4 is 40.6 Å². The third-order valence-electron chi connectivity index (χ3n) is 2.54. The van der Waals surface area contributed by atoms with E-state index in [1.807, 2.05) is 6.92 Å². The molecule has 104 valence electrons. The number of nitrogens with two attached hydrogens (primary N) is 1. The van der Waals surface area contributed by atoms with Gasteiger partial charge >= 0.3 is 0 Å².